The van der Waals surface area contributed by atoms with Gasteiger partial charge in [-0.25, -0.2) is 0 Å². The number of nitrogens with zero attached hydrogens (tertiary/aromatic N) is 5. The van der Waals surface area contributed by atoms with Crippen molar-refractivity contribution in [2.45, 2.75) is 45.1 Å². The lowest BCUT2D eigenvalue weighted by atomic mass is 10.0. The molecule has 1 atom stereocenters. The second-order valence-corrected chi connectivity index (χ2v) is 7.93. The highest BCUT2D eigenvalue weighted by Crippen LogP contribution is 2.29. The fourth-order valence-corrected chi connectivity index (χ4v) is 4.43. The average Bonchev–Trinajstić information content (AvgIpc) is 3.27. The van der Waals surface area contributed by atoms with Gasteiger partial charge < -0.3 is 10.3 Å². The first-order valence-electron chi connectivity index (χ1n) is 10.1. The van der Waals surface area contributed by atoms with Crippen molar-refractivity contribution in [2.75, 3.05) is 6.54 Å². The van der Waals surface area contributed by atoms with Crippen LogP contribution in [0, 0.1) is 0 Å². The molecule has 11 nitrogen and oxygen atoms in total. The molecule has 2 aromatic rings. The molecular formula is C20H21N7O4. The van der Waals surface area contributed by atoms with E-state index in [1.165, 1.54) is 0 Å². The van der Waals surface area contributed by atoms with Crippen LogP contribution in [-0.4, -0.2) is 60.8 Å². The SMILES string of the molecule is NCc1nnc2n1CCN(Cc1ccc3c(c1)C(=O)N(C1CCC(=O)NC1=O)C3=O)C2. The first-order valence-corrected chi connectivity index (χ1v) is 10.1. The van der Waals surface area contributed by atoms with Gasteiger partial charge in [0.1, 0.15) is 17.7 Å². The number of piperidine rings is 1. The van der Waals surface area contributed by atoms with Crippen molar-refractivity contribution in [3.05, 3.63) is 46.5 Å². The molecule has 1 fully saturated rings. The van der Waals surface area contributed by atoms with E-state index >= 15 is 0 Å². The van der Waals surface area contributed by atoms with Crippen molar-refractivity contribution in [1.29, 1.82) is 0 Å². The van der Waals surface area contributed by atoms with Crippen molar-refractivity contribution in [3.63, 3.8) is 0 Å². The van der Waals surface area contributed by atoms with Crippen molar-refractivity contribution >= 4 is 23.6 Å². The van der Waals surface area contributed by atoms with Gasteiger partial charge in [0, 0.05) is 26.1 Å². The Labute approximate surface area is 177 Å². The van der Waals surface area contributed by atoms with Crippen LogP contribution in [0.25, 0.3) is 0 Å². The molecule has 1 saturated heterocycles. The Morgan fingerprint density at radius 1 is 1.06 bits per heavy atom. The predicted octanol–water partition coefficient (Wildman–Crippen LogP) is -0.846. The molecule has 3 aliphatic rings. The maximum absolute atomic E-state index is 13.0. The quantitative estimate of drug-likeness (QED) is 0.606. The zero-order valence-electron chi connectivity index (χ0n) is 16.7. The fourth-order valence-electron chi connectivity index (χ4n) is 4.43. The van der Waals surface area contributed by atoms with Gasteiger partial charge >= 0.3 is 0 Å². The molecule has 1 aromatic carbocycles. The third-order valence-electron chi connectivity index (χ3n) is 6.00. The summed E-state index contributed by atoms with van der Waals surface area (Å²) >= 11 is 0. The van der Waals surface area contributed by atoms with Crippen LogP contribution in [0.5, 0.6) is 0 Å². The molecule has 11 heteroatoms. The molecule has 160 valence electrons. The van der Waals surface area contributed by atoms with Crippen molar-refractivity contribution in [1.82, 2.24) is 29.9 Å². The number of hydrogen-bond acceptors (Lipinski definition) is 8. The number of carbonyl (C=O) groups excluding carboxylic acids is 4. The Hall–Kier alpha value is -3.44. The summed E-state index contributed by atoms with van der Waals surface area (Å²) < 4.78 is 2.03. The number of hydrogen-bond donors (Lipinski definition) is 2. The van der Waals surface area contributed by atoms with E-state index in [4.69, 9.17) is 5.73 Å². The van der Waals surface area contributed by atoms with Crippen LogP contribution < -0.4 is 11.1 Å². The molecule has 4 amide bonds. The van der Waals surface area contributed by atoms with Crippen molar-refractivity contribution in [3.8, 4) is 0 Å². The summed E-state index contributed by atoms with van der Waals surface area (Å²) in [5, 5.41) is 10.5. The van der Waals surface area contributed by atoms with E-state index < -0.39 is 29.7 Å². The first kappa shape index (κ1) is 19.5. The van der Waals surface area contributed by atoms with Crippen LogP contribution in [0.3, 0.4) is 0 Å². The summed E-state index contributed by atoms with van der Waals surface area (Å²) in [5.74, 6) is -0.381. The highest BCUT2D eigenvalue weighted by molar-refractivity contribution is 6.23. The van der Waals surface area contributed by atoms with E-state index in [0.717, 1.165) is 35.2 Å². The third kappa shape index (κ3) is 3.22. The van der Waals surface area contributed by atoms with E-state index in [0.29, 0.717) is 19.6 Å². The number of nitrogens with two attached hydrogens (primary N) is 1. The standard InChI is InChI=1S/C20H21N7O4/c21-8-15-23-24-16-10-25(5-6-26(15)16)9-11-1-2-12-13(7-11)20(31)27(19(12)30)14-3-4-17(28)22-18(14)29/h1-2,7,14H,3-6,8-10,21H2,(H,22,28,29). The van der Waals surface area contributed by atoms with E-state index in [1.54, 1.807) is 12.1 Å². The molecule has 0 spiro atoms. The van der Waals surface area contributed by atoms with Crippen LogP contribution in [0.4, 0.5) is 0 Å². The lowest BCUT2D eigenvalue weighted by molar-refractivity contribution is -0.136. The van der Waals surface area contributed by atoms with Crippen LogP contribution >= 0.6 is 0 Å². The summed E-state index contributed by atoms with van der Waals surface area (Å²) in [5.41, 5.74) is 7.15. The number of benzene rings is 1. The lowest BCUT2D eigenvalue weighted by Crippen LogP contribution is -2.54. The van der Waals surface area contributed by atoms with Crippen LogP contribution in [0.2, 0.25) is 0 Å². The van der Waals surface area contributed by atoms with E-state index in [9.17, 15) is 19.2 Å². The van der Waals surface area contributed by atoms with Gasteiger partial charge in [-0.2, -0.15) is 0 Å². The molecule has 3 aliphatic heterocycles. The number of nitrogens with one attached hydrogen (secondary N) is 1. The molecular weight excluding hydrogens is 402 g/mol. The maximum atomic E-state index is 13.0. The lowest BCUT2D eigenvalue weighted by Gasteiger charge is -2.28. The topological polar surface area (TPSA) is 144 Å². The molecule has 3 N–H and O–H groups in total. The molecule has 0 bridgehead atoms. The largest absolute Gasteiger partial charge is 0.324 e. The van der Waals surface area contributed by atoms with Gasteiger partial charge in [0.25, 0.3) is 11.8 Å². The zero-order chi connectivity index (χ0) is 21.7. The molecule has 0 saturated carbocycles. The number of carbonyl (C=O) groups is 4. The van der Waals surface area contributed by atoms with Gasteiger partial charge in [-0.15, -0.1) is 10.2 Å². The molecule has 0 radical (unpaired) electrons. The Balaban J connectivity index is 1.34. The monoisotopic (exact) mass is 423 g/mol. The van der Waals surface area contributed by atoms with Crippen LogP contribution in [0.15, 0.2) is 18.2 Å². The number of fused-ring (bicyclic) bond motifs is 2. The first-order chi connectivity index (χ1) is 15.0. The summed E-state index contributed by atoms with van der Waals surface area (Å²) in [4.78, 5) is 52.5. The van der Waals surface area contributed by atoms with Crippen LogP contribution in [0.1, 0.15) is 50.8 Å². The smallest absolute Gasteiger partial charge is 0.262 e. The second-order valence-electron chi connectivity index (χ2n) is 7.93. The van der Waals surface area contributed by atoms with E-state index in [-0.39, 0.29) is 24.0 Å². The summed E-state index contributed by atoms with van der Waals surface area (Å²) in [6.45, 7) is 3.06. The van der Waals surface area contributed by atoms with Crippen molar-refractivity contribution in [2.24, 2.45) is 5.73 Å². The number of rotatable bonds is 4. The Kier molecular flexibility index (Phi) is 4.63. The fraction of sp³-hybridized carbons (Fsp3) is 0.400. The third-order valence-corrected chi connectivity index (χ3v) is 6.00. The highest BCUT2D eigenvalue weighted by Gasteiger charge is 2.44. The molecule has 0 aliphatic carbocycles. The van der Waals surface area contributed by atoms with Gasteiger partial charge in [0.05, 0.1) is 24.2 Å². The molecule has 1 aromatic heterocycles. The molecule has 1 unspecified atom stereocenters. The molecule has 4 heterocycles. The molecule has 31 heavy (non-hydrogen) atoms. The summed E-state index contributed by atoms with van der Waals surface area (Å²) in [6.07, 6.45) is 0.239. The highest BCUT2D eigenvalue weighted by atomic mass is 16.2. The van der Waals surface area contributed by atoms with Gasteiger partial charge in [-0.3, -0.25) is 34.3 Å². The van der Waals surface area contributed by atoms with Gasteiger partial charge in [0.2, 0.25) is 11.8 Å². The van der Waals surface area contributed by atoms with E-state index in [2.05, 4.69) is 20.4 Å². The Morgan fingerprint density at radius 2 is 1.87 bits per heavy atom. The summed E-state index contributed by atoms with van der Waals surface area (Å²) in [7, 11) is 0. The number of imide groups is 2. The molecule has 5 rings (SSSR count). The minimum Gasteiger partial charge on any atom is -0.324 e. The van der Waals surface area contributed by atoms with Crippen molar-refractivity contribution < 1.29 is 19.2 Å². The van der Waals surface area contributed by atoms with Gasteiger partial charge in [0.15, 0.2) is 0 Å². The predicted molar refractivity (Wildman–Crippen MR) is 105 cm³/mol. The normalized spacial score (nSPS) is 21.3. The summed E-state index contributed by atoms with van der Waals surface area (Å²) in [6, 6.07) is 4.21. The van der Waals surface area contributed by atoms with E-state index in [1.807, 2.05) is 10.6 Å². The minimum atomic E-state index is -0.959. The number of aromatic nitrogens is 3. The number of amides is 4. The van der Waals surface area contributed by atoms with Gasteiger partial charge in [-0.1, -0.05) is 6.07 Å². The van der Waals surface area contributed by atoms with Crippen LogP contribution in [-0.2, 0) is 35.8 Å². The Morgan fingerprint density at radius 3 is 2.65 bits per heavy atom. The maximum Gasteiger partial charge on any atom is 0.262 e. The Bertz CT molecular complexity index is 1120. The van der Waals surface area contributed by atoms with Gasteiger partial charge in [-0.05, 0) is 24.1 Å². The average molecular weight is 423 g/mol. The minimum absolute atomic E-state index is 0.0977. The second kappa shape index (κ2) is 7.36. The zero-order valence-corrected chi connectivity index (χ0v) is 16.7.